The summed E-state index contributed by atoms with van der Waals surface area (Å²) in [5.74, 6) is 2.49. The average Bonchev–Trinajstić information content (AvgIpc) is 3.24. The molecular formula is C18H27N5O2. The number of amides is 2. The van der Waals surface area contributed by atoms with Crippen LogP contribution in [0, 0.1) is 25.7 Å². The Morgan fingerprint density at radius 2 is 2.00 bits per heavy atom. The zero-order valence-electron chi connectivity index (χ0n) is 15.1. The Hall–Kier alpha value is -1.92. The van der Waals surface area contributed by atoms with Gasteiger partial charge in [-0.25, -0.2) is 9.67 Å². The molecule has 7 heteroatoms. The van der Waals surface area contributed by atoms with Crippen molar-refractivity contribution in [3.8, 4) is 0 Å². The molecule has 0 bridgehead atoms. The fraction of sp³-hybridized carbons (Fsp3) is 0.778. The minimum atomic E-state index is -0.163. The molecule has 25 heavy (non-hydrogen) atoms. The Bertz CT molecular complexity index is 681. The van der Waals surface area contributed by atoms with Gasteiger partial charge in [0.15, 0.2) is 0 Å². The molecule has 1 aliphatic carbocycles. The van der Waals surface area contributed by atoms with Gasteiger partial charge in [-0.3, -0.25) is 9.59 Å². The highest BCUT2D eigenvalue weighted by atomic mass is 16.2. The Morgan fingerprint density at radius 3 is 2.68 bits per heavy atom. The largest absolute Gasteiger partial charge is 0.342 e. The maximum Gasteiger partial charge on any atom is 0.228 e. The van der Waals surface area contributed by atoms with E-state index in [-0.39, 0.29) is 23.8 Å². The summed E-state index contributed by atoms with van der Waals surface area (Å²) in [7, 11) is 0. The van der Waals surface area contributed by atoms with Crippen molar-refractivity contribution in [2.75, 3.05) is 26.2 Å². The third-order valence-corrected chi connectivity index (χ3v) is 5.70. The van der Waals surface area contributed by atoms with Crippen LogP contribution < -0.4 is 0 Å². The lowest BCUT2D eigenvalue weighted by Gasteiger charge is -2.34. The second-order valence-electron chi connectivity index (χ2n) is 7.87. The molecule has 4 rings (SSSR count). The summed E-state index contributed by atoms with van der Waals surface area (Å²) in [6.45, 7) is 6.78. The third kappa shape index (κ3) is 3.41. The molecule has 3 heterocycles. The highest BCUT2D eigenvalue weighted by Crippen LogP contribution is 2.33. The average molecular weight is 345 g/mol. The molecule has 0 N–H and O–H groups in total. The van der Waals surface area contributed by atoms with E-state index in [9.17, 15) is 9.59 Å². The van der Waals surface area contributed by atoms with Gasteiger partial charge in [-0.1, -0.05) is 0 Å². The van der Waals surface area contributed by atoms with Crippen LogP contribution in [0.15, 0.2) is 0 Å². The van der Waals surface area contributed by atoms with Crippen molar-refractivity contribution < 1.29 is 9.59 Å². The summed E-state index contributed by atoms with van der Waals surface area (Å²) in [4.78, 5) is 33.4. The molecule has 1 saturated carbocycles. The lowest BCUT2D eigenvalue weighted by Crippen LogP contribution is -2.44. The Labute approximate surface area is 148 Å². The molecule has 2 aliphatic heterocycles. The van der Waals surface area contributed by atoms with Gasteiger partial charge in [0.25, 0.3) is 0 Å². The van der Waals surface area contributed by atoms with E-state index in [2.05, 4.69) is 10.1 Å². The first-order valence-corrected chi connectivity index (χ1v) is 9.47. The predicted octanol–water partition coefficient (Wildman–Crippen LogP) is 1.32. The van der Waals surface area contributed by atoms with Crippen molar-refractivity contribution in [3.05, 3.63) is 11.6 Å². The first-order valence-electron chi connectivity index (χ1n) is 9.47. The van der Waals surface area contributed by atoms with Crippen LogP contribution in [0.25, 0.3) is 0 Å². The number of nitrogens with zero attached hydrogens (tertiary/aromatic N) is 5. The van der Waals surface area contributed by atoms with Crippen LogP contribution in [-0.2, 0) is 9.59 Å². The summed E-state index contributed by atoms with van der Waals surface area (Å²) < 4.78 is 1.97. The molecule has 1 aromatic heterocycles. The Kier molecular flexibility index (Phi) is 4.25. The minimum absolute atomic E-state index is 0.144. The van der Waals surface area contributed by atoms with Crippen molar-refractivity contribution in [1.29, 1.82) is 0 Å². The summed E-state index contributed by atoms with van der Waals surface area (Å²) in [6.07, 6.45) is 4.83. The van der Waals surface area contributed by atoms with E-state index < -0.39 is 0 Å². The zero-order valence-corrected chi connectivity index (χ0v) is 15.1. The minimum Gasteiger partial charge on any atom is -0.342 e. The van der Waals surface area contributed by atoms with Crippen LogP contribution in [0.5, 0.6) is 0 Å². The summed E-state index contributed by atoms with van der Waals surface area (Å²) in [5.41, 5.74) is 0. The number of carbonyl (C=O) groups excluding carboxylic acids is 2. The number of hydrogen-bond donors (Lipinski definition) is 0. The number of rotatable bonds is 4. The van der Waals surface area contributed by atoms with Crippen molar-refractivity contribution in [1.82, 2.24) is 24.6 Å². The van der Waals surface area contributed by atoms with Gasteiger partial charge in [-0.05, 0) is 45.4 Å². The van der Waals surface area contributed by atoms with E-state index in [1.54, 1.807) is 0 Å². The number of likely N-dealkylation sites (tertiary alicyclic amines) is 2. The Balaban J connectivity index is 1.40. The predicted molar refractivity (Wildman–Crippen MR) is 91.8 cm³/mol. The fourth-order valence-corrected chi connectivity index (χ4v) is 4.22. The van der Waals surface area contributed by atoms with E-state index in [0.29, 0.717) is 25.4 Å². The number of aromatic nitrogens is 3. The van der Waals surface area contributed by atoms with Gasteiger partial charge >= 0.3 is 0 Å². The van der Waals surface area contributed by atoms with Crippen molar-refractivity contribution in [3.63, 3.8) is 0 Å². The van der Waals surface area contributed by atoms with E-state index in [4.69, 9.17) is 0 Å². The number of carbonyl (C=O) groups is 2. The lowest BCUT2D eigenvalue weighted by atomic mass is 10.0. The van der Waals surface area contributed by atoms with Crippen LogP contribution >= 0.6 is 0 Å². The van der Waals surface area contributed by atoms with E-state index >= 15 is 0 Å². The highest BCUT2D eigenvalue weighted by Gasteiger charge is 2.39. The molecule has 0 spiro atoms. The quantitative estimate of drug-likeness (QED) is 0.825. The van der Waals surface area contributed by atoms with Crippen LogP contribution in [0.3, 0.4) is 0 Å². The fourth-order valence-electron chi connectivity index (χ4n) is 4.22. The van der Waals surface area contributed by atoms with E-state index in [0.717, 1.165) is 37.6 Å². The maximum atomic E-state index is 13.0. The summed E-state index contributed by atoms with van der Waals surface area (Å²) in [5, 5.41) is 4.49. The standard InChI is InChI=1S/C18H27N5O2/c1-12-19-13(2)23(20-12)16-4-3-7-21(11-16)18(25)15-8-17(24)22(10-15)9-14-5-6-14/h14-16H,3-11H2,1-2H3/t15-,16-/m0/s1. The van der Waals surface area contributed by atoms with Gasteiger partial charge in [-0.15, -0.1) is 0 Å². The normalized spacial score (nSPS) is 27.2. The van der Waals surface area contributed by atoms with Crippen LogP contribution in [0.4, 0.5) is 0 Å². The van der Waals surface area contributed by atoms with Gasteiger partial charge in [0, 0.05) is 32.6 Å². The number of aryl methyl sites for hydroxylation is 2. The first-order chi connectivity index (χ1) is 12.0. The van der Waals surface area contributed by atoms with E-state index in [1.807, 2.05) is 28.3 Å². The molecule has 3 fully saturated rings. The van der Waals surface area contributed by atoms with Gasteiger partial charge in [-0.2, -0.15) is 5.10 Å². The molecule has 7 nitrogen and oxygen atoms in total. The topological polar surface area (TPSA) is 71.3 Å². The molecule has 1 aromatic rings. The van der Waals surface area contributed by atoms with Crippen LogP contribution in [0.2, 0.25) is 0 Å². The SMILES string of the molecule is Cc1nc(C)n([C@H]2CCCN(C(=O)[C@H]3CC(=O)N(CC4CC4)C3)C2)n1. The van der Waals surface area contributed by atoms with Crippen LogP contribution in [-0.4, -0.2) is 62.6 Å². The molecular weight excluding hydrogens is 318 g/mol. The molecule has 2 amide bonds. The van der Waals surface area contributed by atoms with Crippen molar-refractivity contribution >= 4 is 11.8 Å². The lowest BCUT2D eigenvalue weighted by molar-refractivity contribution is -0.137. The highest BCUT2D eigenvalue weighted by molar-refractivity contribution is 5.89. The second kappa shape index (κ2) is 6.42. The van der Waals surface area contributed by atoms with Gasteiger partial charge < -0.3 is 9.80 Å². The number of hydrogen-bond acceptors (Lipinski definition) is 4. The van der Waals surface area contributed by atoms with Crippen LogP contribution in [0.1, 0.15) is 49.8 Å². The number of piperidine rings is 1. The Morgan fingerprint density at radius 1 is 1.20 bits per heavy atom. The maximum absolute atomic E-state index is 13.0. The van der Waals surface area contributed by atoms with Crippen molar-refractivity contribution in [2.45, 2.75) is 52.0 Å². The molecule has 0 radical (unpaired) electrons. The molecule has 2 saturated heterocycles. The smallest absolute Gasteiger partial charge is 0.228 e. The van der Waals surface area contributed by atoms with Gasteiger partial charge in [0.2, 0.25) is 11.8 Å². The molecule has 0 unspecified atom stereocenters. The molecule has 3 aliphatic rings. The first kappa shape index (κ1) is 16.5. The third-order valence-electron chi connectivity index (χ3n) is 5.70. The second-order valence-corrected chi connectivity index (χ2v) is 7.87. The summed E-state index contributed by atoms with van der Waals surface area (Å²) in [6, 6.07) is 0.193. The molecule has 0 aromatic carbocycles. The monoisotopic (exact) mass is 345 g/mol. The van der Waals surface area contributed by atoms with Gasteiger partial charge in [0.05, 0.1) is 12.0 Å². The van der Waals surface area contributed by atoms with Gasteiger partial charge in [0.1, 0.15) is 11.6 Å². The zero-order chi connectivity index (χ0) is 17.6. The molecule has 2 atom stereocenters. The molecule has 136 valence electrons. The summed E-state index contributed by atoms with van der Waals surface area (Å²) >= 11 is 0. The van der Waals surface area contributed by atoms with Crippen molar-refractivity contribution in [2.24, 2.45) is 11.8 Å². The van der Waals surface area contributed by atoms with E-state index in [1.165, 1.54) is 12.8 Å².